The number of nitrogens with zero attached hydrogens (tertiary/aromatic N) is 2. The van der Waals surface area contributed by atoms with Crippen LogP contribution in [0.1, 0.15) is 54.6 Å². The van der Waals surface area contributed by atoms with Crippen molar-refractivity contribution in [2.24, 2.45) is 11.3 Å². The first kappa shape index (κ1) is 23.4. The van der Waals surface area contributed by atoms with E-state index in [4.69, 9.17) is 0 Å². The zero-order valence-corrected chi connectivity index (χ0v) is 19.5. The minimum atomic E-state index is -0.905. The molecule has 33 heavy (non-hydrogen) atoms. The summed E-state index contributed by atoms with van der Waals surface area (Å²) in [4.78, 5) is 29.5. The zero-order chi connectivity index (χ0) is 23.6. The topological polar surface area (TPSA) is 60.9 Å². The highest BCUT2D eigenvalue weighted by molar-refractivity contribution is 5.89. The van der Waals surface area contributed by atoms with Gasteiger partial charge in [0, 0.05) is 19.1 Å². The maximum absolute atomic E-state index is 13.7. The van der Waals surface area contributed by atoms with Crippen molar-refractivity contribution in [1.29, 1.82) is 0 Å². The SMILES string of the molecule is CC(C)CN1C(=O)C2(CCN(Cc3ccccc3C(=O)O)CC2)C[C@H]1Cc1ccc(F)cc1. The van der Waals surface area contributed by atoms with Crippen LogP contribution in [0.2, 0.25) is 0 Å². The first-order valence-corrected chi connectivity index (χ1v) is 11.9. The van der Waals surface area contributed by atoms with Gasteiger partial charge >= 0.3 is 5.97 Å². The Kier molecular flexibility index (Phi) is 6.84. The number of amides is 1. The summed E-state index contributed by atoms with van der Waals surface area (Å²) in [6, 6.07) is 13.9. The van der Waals surface area contributed by atoms with Crippen molar-refractivity contribution in [2.75, 3.05) is 19.6 Å². The maximum Gasteiger partial charge on any atom is 0.336 e. The van der Waals surface area contributed by atoms with Crippen LogP contribution in [0.5, 0.6) is 0 Å². The molecule has 2 aromatic rings. The van der Waals surface area contributed by atoms with Crippen molar-refractivity contribution < 1.29 is 19.1 Å². The number of hydrogen-bond donors (Lipinski definition) is 1. The van der Waals surface area contributed by atoms with Gasteiger partial charge in [0.05, 0.1) is 11.0 Å². The van der Waals surface area contributed by atoms with E-state index < -0.39 is 5.97 Å². The Morgan fingerprint density at radius 3 is 2.42 bits per heavy atom. The molecule has 1 N–H and O–H groups in total. The standard InChI is InChI=1S/C27H33FN2O3/c1-19(2)17-30-23(15-20-7-9-22(28)10-8-20)16-27(26(30)33)11-13-29(14-12-27)18-21-5-3-4-6-24(21)25(31)32/h3-10,19,23H,11-18H2,1-2H3,(H,31,32)/t23-/m1/s1. The molecule has 2 fully saturated rings. The predicted octanol–water partition coefficient (Wildman–Crippen LogP) is 4.61. The lowest BCUT2D eigenvalue weighted by molar-refractivity contribution is -0.139. The van der Waals surface area contributed by atoms with Gasteiger partial charge in [-0.25, -0.2) is 9.18 Å². The summed E-state index contributed by atoms with van der Waals surface area (Å²) in [6.07, 6.45) is 3.15. The minimum absolute atomic E-state index is 0.129. The molecule has 2 saturated heterocycles. The van der Waals surface area contributed by atoms with Crippen molar-refractivity contribution in [1.82, 2.24) is 9.80 Å². The molecule has 4 rings (SSSR count). The Balaban J connectivity index is 1.46. The third kappa shape index (κ3) is 5.11. The molecule has 0 radical (unpaired) electrons. The average molecular weight is 453 g/mol. The molecule has 0 unspecified atom stereocenters. The molecule has 1 spiro atoms. The smallest absolute Gasteiger partial charge is 0.336 e. The summed E-state index contributed by atoms with van der Waals surface area (Å²) in [5.74, 6) is -0.507. The summed E-state index contributed by atoms with van der Waals surface area (Å²) in [5, 5.41) is 9.47. The number of benzene rings is 2. The fourth-order valence-electron chi connectivity index (χ4n) is 5.48. The highest BCUT2D eigenvalue weighted by Gasteiger charge is 2.52. The van der Waals surface area contributed by atoms with Gasteiger partial charge in [0.1, 0.15) is 5.82 Å². The Morgan fingerprint density at radius 1 is 1.12 bits per heavy atom. The third-order valence-electron chi connectivity index (χ3n) is 7.18. The van der Waals surface area contributed by atoms with Gasteiger partial charge in [-0.1, -0.05) is 44.2 Å². The van der Waals surface area contributed by atoms with Crippen LogP contribution in [-0.4, -0.2) is 52.5 Å². The summed E-state index contributed by atoms with van der Waals surface area (Å²) >= 11 is 0. The van der Waals surface area contributed by atoms with Gasteiger partial charge in [-0.15, -0.1) is 0 Å². The van der Waals surface area contributed by atoms with Gasteiger partial charge in [-0.05, 0) is 74.0 Å². The van der Waals surface area contributed by atoms with Crippen molar-refractivity contribution >= 4 is 11.9 Å². The molecule has 2 heterocycles. The summed E-state index contributed by atoms with van der Waals surface area (Å²) in [7, 11) is 0. The number of carboxylic acids is 1. The number of carbonyl (C=O) groups is 2. The molecule has 2 aliphatic rings. The Morgan fingerprint density at radius 2 is 1.79 bits per heavy atom. The van der Waals surface area contributed by atoms with Crippen LogP contribution in [0.25, 0.3) is 0 Å². The number of piperidine rings is 1. The third-order valence-corrected chi connectivity index (χ3v) is 7.18. The van der Waals surface area contributed by atoms with Gasteiger partial charge in [0.15, 0.2) is 0 Å². The number of aromatic carboxylic acids is 1. The average Bonchev–Trinajstić information content (AvgIpc) is 3.02. The highest BCUT2D eigenvalue weighted by atomic mass is 19.1. The van der Waals surface area contributed by atoms with Gasteiger partial charge < -0.3 is 10.0 Å². The van der Waals surface area contributed by atoms with Crippen LogP contribution in [0.15, 0.2) is 48.5 Å². The molecule has 2 aromatic carbocycles. The number of hydrogen-bond acceptors (Lipinski definition) is 3. The van der Waals surface area contributed by atoms with E-state index in [0.717, 1.165) is 56.4 Å². The Labute approximate surface area is 195 Å². The van der Waals surface area contributed by atoms with Crippen molar-refractivity contribution in [2.45, 2.75) is 52.1 Å². The summed E-state index contributed by atoms with van der Waals surface area (Å²) < 4.78 is 13.4. The second-order valence-electron chi connectivity index (χ2n) is 10.1. The van der Waals surface area contributed by atoms with Gasteiger partial charge in [0.25, 0.3) is 0 Å². The fraction of sp³-hybridized carbons (Fsp3) is 0.481. The minimum Gasteiger partial charge on any atom is -0.478 e. The van der Waals surface area contributed by atoms with Crippen LogP contribution < -0.4 is 0 Å². The number of carboxylic acid groups (broad SMARTS) is 1. The van der Waals surface area contributed by atoms with E-state index in [0.29, 0.717) is 18.0 Å². The molecule has 0 bridgehead atoms. The Bertz CT molecular complexity index is 997. The quantitative estimate of drug-likeness (QED) is 0.667. The molecule has 0 aliphatic carbocycles. The van der Waals surface area contributed by atoms with Crippen molar-refractivity contribution in [3.8, 4) is 0 Å². The van der Waals surface area contributed by atoms with Crippen LogP contribution in [0.4, 0.5) is 4.39 Å². The lowest BCUT2D eigenvalue weighted by Crippen LogP contribution is -2.45. The van der Waals surface area contributed by atoms with Crippen molar-refractivity contribution in [3.05, 3.63) is 71.0 Å². The second kappa shape index (κ2) is 9.64. The normalized spacial score (nSPS) is 20.7. The van der Waals surface area contributed by atoms with E-state index in [9.17, 15) is 19.1 Å². The van der Waals surface area contributed by atoms with E-state index in [-0.39, 0.29) is 23.2 Å². The summed E-state index contributed by atoms with van der Waals surface area (Å²) in [6.45, 7) is 7.14. The molecule has 0 saturated carbocycles. The van der Waals surface area contributed by atoms with Crippen LogP contribution in [-0.2, 0) is 17.8 Å². The van der Waals surface area contributed by atoms with Crippen LogP contribution in [0, 0.1) is 17.2 Å². The van der Waals surface area contributed by atoms with E-state index in [1.807, 2.05) is 24.3 Å². The molecular formula is C27H33FN2O3. The number of carbonyl (C=O) groups excluding carboxylic acids is 1. The number of likely N-dealkylation sites (tertiary alicyclic amines) is 2. The fourth-order valence-corrected chi connectivity index (χ4v) is 5.48. The molecule has 0 aromatic heterocycles. The lowest BCUT2D eigenvalue weighted by Gasteiger charge is -2.38. The predicted molar refractivity (Wildman–Crippen MR) is 125 cm³/mol. The van der Waals surface area contributed by atoms with E-state index in [1.165, 1.54) is 12.1 Å². The molecule has 6 heteroatoms. The molecule has 1 amide bonds. The molecule has 2 aliphatic heterocycles. The molecule has 176 valence electrons. The van der Waals surface area contributed by atoms with Gasteiger partial charge in [-0.2, -0.15) is 0 Å². The van der Waals surface area contributed by atoms with Crippen molar-refractivity contribution in [3.63, 3.8) is 0 Å². The van der Waals surface area contributed by atoms with E-state index >= 15 is 0 Å². The van der Waals surface area contributed by atoms with Gasteiger partial charge in [0.2, 0.25) is 5.91 Å². The zero-order valence-electron chi connectivity index (χ0n) is 19.5. The maximum atomic E-state index is 13.7. The monoisotopic (exact) mass is 452 g/mol. The first-order valence-electron chi connectivity index (χ1n) is 11.9. The number of rotatable bonds is 7. The highest BCUT2D eigenvalue weighted by Crippen LogP contribution is 2.45. The second-order valence-corrected chi connectivity index (χ2v) is 10.1. The van der Waals surface area contributed by atoms with Crippen LogP contribution in [0.3, 0.4) is 0 Å². The number of halogens is 1. The van der Waals surface area contributed by atoms with Gasteiger partial charge in [-0.3, -0.25) is 9.69 Å². The first-order chi connectivity index (χ1) is 15.8. The van der Waals surface area contributed by atoms with Crippen LogP contribution >= 0.6 is 0 Å². The van der Waals surface area contributed by atoms with E-state index in [1.54, 1.807) is 12.1 Å². The molecule has 1 atom stereocenters. The van der Waals surface area contributed by atoms with E-state index in [2.05, 4.69) is 23.6 Å². The summed E-state index contributed by atoms with van der Waals surface area (Å²) in [5.41, 5.74) is 1.87. The molecule has 5 nitrogen and oxygen atoms in total. The lowest BCUT2D eigenvalue weighted by atomic mass is 9.75. The molecular weight excluding hydrogens is 419 g/mol. The Hall–Kier alpha value is -2.73. The largest absolute Gasteiger partial charge is 0.478 e.